The number of piperazine rings is 1. The van der Waals surface area contributed by atoms with E-state index in [4.69, 9.17) is 27.9 Å². The molecule has 2 aromatic carbocycles. The Hall–Kier alpha value is -2.19. The Morgan fingerprint density at radius 3 is 2.26 bits per heavy atom. The van der Waals surface area contributed by atoms with Gasteiger partial charge in [0, 0.05) is 36.2 Å². The summed E-state index contributed by atoms with van der Waals surface area (Å²) in [6, 6.07) is 10.3. The van der Waals surface area contributed by atoms with E-state index in [2.05, 4.69) is 10.2 Å². The summed E-state index contributed by atoms with van der Waals surface area (Å²) in [4.78, 5) is 30.7. The molecule has 2 aromatic rings. The summed E-state index contributed by atoms with van der Waals surface area (Å²) in [5.41, 5.74) is 0.790. The van der Waals surface area contributed by atoms with Crippen molar-refractivity contribution in [2.24, 2.45) is 0 Å². The van der Waals surface area contributed by atoms with Crippen LogP contribution in [0.25, 0.3) is 0 Å². The SMILES string of the molecule is CN1CCN(C(=O)[C@H](COCc2ccc(F)cc2)NC(=O)C2(c3cc(Cl)cc(Cl)c3)CC2)CC1. The summed E-state index contributed by atoms with van der Waals surface area (Å²) in [5, 5.41) is 3.88. The molecule has 182 valence electrons. The zero-order valence-corrected chi connectivity index (χ0v) is 20.5. The number of nitrogens with zero attached hydrogens (tertiary/aromatic N) is 2. The molecule has 2 aliphatic rings. The van der Waals surface area contributed by atoms with Crippen molar-refractivity contribution in [1.82, 2.24) is 15.1 Å². The molecule has 0 spiro atoms. The third-order valence-corrected chi connectivity index (χ3v) is 6.92. The average molecular weight is 508 g/mol. The van der Waals surface area contributed by atoms with Crippen molar-refractivity contribution in [3.8, 4) is 0 Å². The van der Waals surface area contributed by atoms with E-state index in [0.29, 0.717) is 36.0 Å². The molecule has 2 amide bonds. The van der Waals surface area contributed by atoms with Crippen molar-refractivity contribution in [1.29, 1.82) is 0 Å². The van der Waals surface area contributed by atoms with Crippen LogP contribution in [0.1, 0.15) is 24.0 Å². The fourth-order valence-corrected chi connectivity index (χ4v) is 4.72. The minimum Gasteiger partial charge on any atom is -0.374 e. The molecule has 2 fully saturated rings. The number of carbonyl (C=O) groups is 2. The molecule has 6 nitrogen and oxygen atoms in total. The van der Waals surface area contributed by atoms with Crippen LogP contribution in [0.3, 0.4) is 0 Å². The fraction of sp³-hybridized carbons (Fsp3) is 0.440. The topological polar surface area (TPSA) is 61.9 Å². The molecule has 0 bridgehead atoms. The molecule has 34 heavy (non-hydrogen) atoms. The maximum Gasteiger partial charge on any atom is 0.247 e. The van der Waals surface area contributed by atoms with E-state index in [9.17, 15) is 14.0 Å². The van der Waals surface area contributed by atoms with E-state index in [1.165, 1.54) is 12.1 Å². The lowest BCUT2D eigenvalue weighted by molar-refractivity contribution is -0.140. The second kappa shape index (κ2) is 10.6. The minimum absolute atomic E-state index is 0.0146. The Bertz CT molecular complexity index is 1020. The largest absolute Gasteiger partial charge is 0.374 e. The molecule has 1 atom stereocenters. The Kier molecular flexibility index (Phi) is 7.77. The van der Waals surface area contributed by atoms with Gasteiger partial charge in [0.2, 0.25) is 11.8 Å². The van der Waals surface area contributed by atoms with E-state index < -0.39 is 11.5 Å². The number of hydrogen-bond acceptors (Lipinski definition) is 4. The first kappa shape index (κ1) is 24.9. The van der Waals surface area contributed by atoms with Crippen LogP contribution in [-0.2, 0) is 26.3 Å². The fourth-order valence-electron chi connectivity index (χ4n) is 4.20. The molecular formula is C25H28Cl2FN3O3. The quantitative estimate of drug-likeness (QED) is 0.592. The van der Waals surface area contributed by atoms with E-state index in [0.717, 1.165) is 24.2 Å². The van der Waals surface area contributed by atoms with Gasteiger partial charge in [-0.05, 0) is 61.3 Å². The van der Waals surface area contributed by atoms with Gasteiger partial charge in [-0.25, -0.2) is 4.39 Å². The maximum absolute atomic E-state index is 13.4. The van der Waals surface area contributed by atoms with Gasteiger partial charge in [-0.3, -0.25) is 9.59 Å². The van der Waals surface area contributed by atoms with Gasteiger partial charge in [0.25, 0.3) is 0 Å². The Morgan fingerprint density at radius 1 is 1.06 bits per heavy atom. The molecule has 1 aliphatic carbocycles. The van der Waals surface area contributed by atoms with Crippen molar-refractivity contribution in [2.75, 3.05) is 39.8 Å². The van der Waals surface area contributed by atoms with Crippen molar-refractivity contribution in [2.45, 2.75) is 30.9 Å². The van der Waals surface area contributed by atoms with E-state index in [1.54, 1.807) is 35.2 Å². The van der Waals surface area contributed by atoms with E-state index in [1.807, 2.05) is 7.05 Å². The molecule has 1 saturated heterocycles. The zero-order valence-electron chi connectivity index (χ0n) is 19.0. The standard InChI is InChI=1S/C25H28Cl2FN3O3/c1-30-8-10-31(11-9-30)23(32)22(16-34-15-17-2-4-21(28)5-3-17)29-24(33)25(6-7-25)18-12-19(26)14-20(27)13-18/h2-5,12-14,22H,6-11,15-16H2,1H3,(H,29,33)/t22-/m0/s1. The molecule has 1 saturated carbocycles. The number of ether oxygens (including phenoxy) is 1. The van der Waals surface area contributed by atoms with Gasteiger partial charge in [-0.15, -0.1) is 0 Å². The summed E-state index contributed by atoms with van der Waals surface area (Å²) >= 11 is 12.3. The number of amides is 2. The second-order valence-corrected chi connectivity index (χ2v) is 9.91. The smallest absolute Gasteiger partial charge is 0.247 e. The van der Waals surface area contributed by atoms with Crippen LogP contribution >= 0.6 is 23.2 Å². The number of rotatable bonds is 8. The minimum atomic E-state index is -0.830. The molecule has 0 radical (unpaired) electrons. The first-order chi connectivity index (χ1) is 16.3. The maximum atomic E-state index is 13.4. The molecule has 1 aliphatic heterocycles. The first-order valence-corrected chi connectivity index (χ1v) is 12.1. The lowest BCUT2D eigenvalue weighted by Crippen LogP contribution is -2.56. The van der Waals surface area contributed by atoms with Gasteiger partial charge in [0.1, 0.15) is 11.9 Å². The first-order valence-electron chi connectivity index (χ1n) is 11.3. The summed E-state index contributed by atoms with van der Waals surface area (Å²) in [5.74, 6) is -0.723. The summed E-state index contributed by atoms with van der Waals surface area (Å²) < 4.78 is 19.0. The molecule has 9 heteroatoms. The van der Waals surface area contributed by atoms with E-state index in [-0.39, 0.29) is 30.8 Å². The lowest BCUT2D eigenvalue weighted by atomic mass is 9.94. The van der Waals surface area contributed by atoms with Crippen molar-refractivity contribution in [3.63, 3.8) is 0 Å². The van der Waals surface area contributed by atoms with Crippen LogP contribution in [0, 0.1) is 5.82 Å². The highest BCUT2D eigenvalue weighted by Crippen LogP contribution is 2.49. The third kappa shape index (κ3) is 5.89. The molecule has 0 unspecified atom stereocenters. The summed E-state index contributed by atoms with van der Waals surface area (Å²) in [6.07, 6.45) is 1.31. The normalized spacial score (nSPS) is 18.4. The Balaban J connectivity index is 1.46. The van der Waals surface area contributed by atoms with Gasteiger partial charge >= 0.3 is 0 Å². The van der Waals surface area contributed by atoms with Crippen LogP contribution in [0.5, 0.6) is 0 Å². The lowest BCUT2D eigenvalue weighted by Gasteiger charge is -2.35. The van der Waals surface area contributed by atoms with E-state index >= 15 is 0 Å². The highest BCUT2D eigenvalue weighted by Gasteiger charge is 2.52. The third-order valence-electron chi connectivity index (χ3n) is 6.48. The molecule has 1 N–H and O–H groups in total. The van der Waals surface area contributed by atoms with Crippen LogP contribution < -0.4 is 5.32 Å². The number of halogens is 3. The molecule has 1 heterocycles. The number of hydrogen-bond donors (Lipinski definition) is 1. The number of carbonyl (C=O) groups excluding carboxylic acids is 2. The van der Waals surface area contributed by atoms with Crippen LogP contribution in [0.15, 0.2) is 42.5 Å². The van der Waals surface area contributed by atoms with Gasteiger partial charge in [-0.2, -0.15) is 0 Å². The van der Waals surface area contributed by atoms with Crippen molar-refractivity contribution in [3.05, 3.63) is 69.5 Å². The van der Waals surface area contributed by atoms with Crippen molar-refractivity contribution < 1.29 is 18.7 Å². The second-order valence-electron chi connectivity index (χ2n) is 9.04. The number of benzene rings is 2. The van der Waals surface area contributed by atoms with Crippen LogP contribution in [-0.4, -0.2) is 67.5 Å². The molecule has 4 rings (SSSR count). The Morgan fingerprint density at radius 2 is 1.68 bits per heavy atom. The summed E-state index contributed by atoms with van der Waals surface area (Å²) in [7, 11) is 2.01. The highest BCUT2D eigenvalue weighted by atomic mass is 35.5. The van der Waals surface area contributed by atoms with Crippen LogP contribution in [0.2, 0.25) is 10.0 Å². The predicted molar refractivity (Wildman–Crippen MR) is 129 cm³/mol. The molecular weight excluding hydrogens is 480 g/mol. The van der Waals surface area contributed by atoms with Gasteiger partial charge in [0.15, 0.2) is 0 Å². The van der Waals surface area contributed by atoms with Gasteiger partial charge in [-0.1, -0.05) is 35.3 Å². The summed E-state index contributed by atoms with van der Waals surface area (Å²) in [6.45, 7) is 2.95. The van der Waals surface area contributed by atoms with Gasteiger partial charge < -0.3 is 19.9 Å². The zero-order chi connectivity index (χ0) is 24.3. The monoisotopic (exact) mass is 507 g/mol. The Labute approximate surface area is 208 Å². The van der Waals surface area contributed by atoms with Crippen LogP contribution in [0.4, 0.5) is 4.39 Å². The number of nitrogens with one attached hydrogen (secondary N) is 1. The highest BCUT2D eigenvalue weighted by molar-refractivity contribution is 6.34. The predicted octanol–water partition coefficient (Wildman–Crippen LogP) is 3.64. The average Bonchev–Trinajstić information content (AvgIpc) is 3.61. The van der Waals surface area contributed by atoms with Crippen molar-refractivity contribution >= 4 is 35.0 Å². The number of likely N-dealkylation sites (N-methyl/N-ethyl adjacent to an activating group) is 1. The molecule has 0 aromatic heterocycles. The van der Waals surface area contributed by atoms with Gasteiger partial charge in [0.05, 0.1) is 18.6 Å².